The van der Waals surface area contributed by atoms with Gasteiger partial charge < -0.3 is 19.7 Å². The molecule has 4 rings (SSSR count). The first-order valence-corrected chi connectivity index (χ1v) is 12.1. The molecular formula is C23H25N5O5S. The Bertz CT molecular complexity index is 1210. The number of piperazine rings is 1. The van der Waals surface area contributed by atoms with Crippen LogP contribution in [0.1, 0.15) is 0 Å². The molecule has 0 atom stereocenters. The standard InChI is InChI=1S/C23H25N5O5S/c1-32-20-4-2-3-5-21(20)33-17-23(29)26-18-6-8-19(9-7-18)34(30,31)28-14-12-27(13-15-28)22-16-24-10-11-25-22/h2-11,16H,12-15,17H2,1H3,(H,26,29). The van der Waals surface area contributed by atoms with Gasteiger partial charge in [0.25, 0.3) is 5.91 Å². The predicted octanol–water partition coefficient (Wildman–Crippen LogP) is 2.01. The summed E-state index contributed by atoms with van der Waals surface area (Å²) >= 11 is 0. The number of benzene rings is 2. The van der Waals surface area contributed by atoms with Crippen LogP contribution in [-0.2, 0) is 14.8 Å². The first-order chi connectivity index (χ1) is 16.5. The largest absolute Gasteiger partial charge is 0.493 e. The minimum atomic E-state index is -3.65. The molecule has 0 saturated carbocycles. The molecule has 1 aliphatic rings. The quantitative estimate of drug-likeness (QED) is 0.518. The van der Waals surface area contributed by atoms with E-state index in [0.717, 1.165) is 5.82 Å². The molecule has 2 heterocycles. The second-order valence-corrected chi connectivity index (χ2v) is 9.40. The Kier molecular flexibility index (Phi) is 7.24. The number of methoxy groups -OCH3 is 1. The van der Waals surface area contributed by atoms with Crippen molar-refractivity contribution in [3.8, 4) is 11.5 Å². The van der Waals surface area contributed by atoms with Gasteiger partial charge in [-0.2, -0.15) is 4.31 Å². The highest BCUT2D eigenvalue weighted by molar-refractivity contribution is 7.89. The van der Waals surface area contributed by atoms with Crippen molar-refractivity contribution in [3.05, 3.63) is 67.1 Å². The van der Waals surface area contributed by atoms with Crippen LogP contribution in [-0.4, -0.2) is 68.5 Å². The lowest BCUT2D eigenvalue weighted by Gasteiger charge is -2.34. The second-order valence-electron chi connectivity index (χ2n) is 7.47. The zero-order chi connectivity index (χ0) is 24.0. The lowest BCUT2D eigenvalue weighted by Crippen LogP contribution is -2.48. The van der Waals surface area contributed by atoms with Crippen LogP contribution in [0, 0.1) is 0 Å². The maximum absolute atomic E-state index is 13.0. The van der Waals surface area contributed by atoms with Crippen molar-refractivity contribution >= 4 is 27.4 Å². The molecule has 1 amide bonds. The van der Waals surface area contributed by atoms with E-state index >= 15 is 0 Å². The highest BCUT2D eigenvalue weighted by Gasteiger charge is 2.29. The first kappa shape index (κ1) is 23.5. The van der Waals surface area contributed by atoms with Gasteiger partial charge in [-0.15, -0.1) is 0 Å². The van der Waals surface area contributed by atoms with E-state index in [1.54, 1.807) is 55.0 Å². The Balaban J connectivity index is 1.32. The summed E-state index contributed by atoms with van der Waals surface area (Å²) in [4.78, 5) is 22.7. The molecular weight excluding hydrogens is 458 g/mol. The van der Waals surface area contributed by atoms with Crippen molar-refractivity contribution in [3.63, 3.8) is 0 Å². The molecule has 2 aromatic carbocycles. The fraction of sp³-hybridized carbons (Fsp3) is 0.261. The average molecular weight is 484 g/mol. The smallest absolute Gasteiger partial charge is 0.262 e. The normalized spacial score (nSPS) is 14.4. The molecule has 0 bridgehead atoms. The molecule has 1 N–H and O–H groups in total. The van der Waals surface area contributed by atoms with Crippen molar-refractivity contribution in [2.45, 2.75) is 4.90 Å². The van der Waals surface area contributed by atoms with E-state index < -0.39 is 10.0 Å². The van der Waals surface area contributed by atoms with Gasteiger partial charge in [0, 0.05) is 44.3 Å². The third-order valence-corrected chi connectivity index (χ3v) is 7.23. The number of para-hydroxylation sites is 2. The number of aromatic nitrogens is 2. The third kappa shape index (κ3) is 5.43. The zero-order valence-corrected chi connectivity index (χ0v) is 19.4. The summed E-state index contributed by atoms with van der Waals surface area (Å²) in [6.07, 6.45) is 4.88. The molecule has 34 heavy (non-hydrogen) atoms. The Labute approximate surface area is 198 Å². The number of ether oxygens (including phenoxy) is 2. The fourth-order valence-corrected chi connectivity index (χ4v) is 4.97. The lowest BCUT2D eigenvalue weighted by atomic mass is 10.3. The fourth-order valence-electron chi connectivity index (χ4n) is 3.55. The van der Waals surface area contributed by atoms with Crippen LogP contribution >= 0.6 is 0 Å². The highest BCUT2D eigenvalue weighted by Crippen LogP contribution is 2.26. The number of rotatable bonds is 8. The topological polar surface area (TPSA) is 114 Å². The number of anilines is 2. The molecule has 1 fully saturated rings. The van der Waals surface area contributed by atoms with Crippen molar-refractivity contribution in [1.29, 1.82) is 0 Å². The molecule has 11 heteroatoms. The Morgan fingerprint density at radius 3 is 2.35 bits per heavy atom. The lowest BCUT2D eigenvalue weighted by molar-refractivity contribution is -0.118. The van der Waals surface area contributed by atoms with Crippen molar-refractivity contribution in [2.75, 3.05) is 50.1 Å². The first-order valence-electron chi connectivity index (χ1n) is 10.6. The maximum atomic E-state index is 13.0. The van der Waals surface area contributed by atoms with Crippen LogP contribution in [0.25, 0.3) is 0 Å². The van der Waals surface area contributed by atoms with Crippen LogP contribution in [0.4, 0.5) is 11.5 Å². The van der Waals surface area contributed by atoms with Gasteiger partial charge in [0.1, 0.15) is 5.82 Å². The van der Waals surface area contributed by atoms with E-state index in [4.69, 9.17) is 9.47 Å². The van der Waals surface area contributed by atoms with E-state index in [0.29, 0.717) is 43.4 Å². The van der Waals surface area contributed by atoms with Crippen LogP contribution in [0.15, 0.2) is 72.0 Å². The van der Waals surface area contributed by atoms with Crippen LogP contribution in [0.5, 0.6) is 11.5 Å². The average Bonchev–Trinajstić information content (AvgIpc) is 2.88. The minimum absolute atomic E-state index is 0.170. The maximum Gasteiger partial charge on any atom is 0.262 e. The zero-order valence-electron chi connectivity index (χ0n) is 18.6. The molecule has 1 aliphatic heterocycles. The predicted molar refractivity (Wildman–Crippen MR) is 127 cm³/mol. The van der Waals surface area contributed by atoms with E-state index in [-0.39, 0.29) is 17.4 Å². The molecule has 0 unspecified atom stereocenters. The number of carbonyl (C=O) groups excluding carboxylic acids is 1. The molecule has 10 nitrogen and oxygen atoms in total. The molecule has 1 saturated heterocycles. The Hall–Kier alpha value is -3.70. The molecule has 178 valence electrons. The van der Waals surface area contributed by atoms with Gasteiger partial charge in [-0.05, 0) is 36.4 Å². The Morgan fingerprint density at radius 2 is 1.71 bits per heavy atom. The van der Waals surface area contributed by atoms with Gasteiger partial charge in [-0.3, -0.25) is 9.78 Å². The number of hydrogen-bond acceptors (Lipinski definition) is 8. The minimum Gasteiger partial charge on any atom is -0.493 e. The van der Waals surface area contributed by atoms with Crippen molar-refractivity contribution in [1.82, 2.24) is 14.3 Å². The van der Waals surface area contributed by atoms with Crippen LogP contribution in [0.3, 0.4) is 0 Å². The second kappa shape index (κ2) is 10.5. The summed E-state index contributed by atoms with van der Waals surface area (Å²) in [6.45, 7) is 1.53. The number of sulfonamides is 1. The third-order valence-electron chi connectivity index (χ3n) is 5.32. The summed E-state index contributed by atoms with van der Waals surface area (Å²) in [6, 6.07) is 13.1. The van der Waals surface area contributed by atoms with Crippen molar-refractivity contribution in [2.24, 2.45) is 0 Å². The van der Waals surface area contributed by atoms with E-state index in [9.17, 15) is 13.2 Å². The van der Waals surface area contributed by atoms with Gasteiger partial charge >= 0.3 is 0 Å². The van der Waals surface area contributed by atoms with Crippen LogP contribution < -0.4 is 19.7 Å². The molecule has 3 aromatic rings. The summed E-state index contributed by atoms with van der Waals surface area (Å²) in [7, 11) is -2.12. The Morgan fingerprint density at radius 1 is 1.00 bits per heavy atom. The van der Waals surface area contributed by atoms with Crippen molar-refractivity contribution < 1.29 is 22.7 Å². The van der Waals surface area contributed by atoms with Crippen LogP contribution in [0.2, 0.25) is 0 Å². The van der Waals surface area contributed by atoms with E-state index in [1.165, 1.54) is 23.5 Å². The number of nitrogens with zero attached hydrogens (tertiary/aromatic N) is 4. The van der Waals surface area contributed by atoms with Gasteiger partial charge in [0.05, 0.1) is 18.2 Å². The van der Waals surface area contributed by atoms with E-state index in [1.807, 2.05) is 4.90 Å². The van der Waals surface area contributed by atoms with Gasteiger partial charge in [-0.25, -0.2) is 13.4 Å². The van der Waals surface area contributed by atoms with Gasteiger partial charge in [0.15, 0.2) is 18.1 Å². The van der Waals surface area contributed by atoms with Gasteiger partial charge in [-0.1, -0.05) is 12.1 Å². The molecule has 0 radical (unpaired) electrons. The summed E-state index contributed by atoms with van der Waals surface area (Å²) in [5.74, 6) is 1.35. The number of amides is 1. The summed E-state index contributed by atoms with van der Waals surface area (Å²) in [5.41, 5.74) is 0.472. The molecule has 0 spiro atoms. The molecule has 0 aliphatic carbocycles. The van der Waals surface area contributed by atoms with Gasteiger partial charge in [0.2, 0.25) is 10.0 Å². The van der Waals surface area contributed by atoms with E-state index in [2.05, 4.69) is 15.3 Å². The monoisotopic (exact) mass is 483 g/mol. The number of hydrogen-bond donors (Lipinski definition) is 1. The molecule has 1 aromatic heterocycles. The summed E-state index contributed by atoms with van der Waals surface area (Å²) in [5, 5.41) is 2.70. The summed E-state index contributed by atoms with van der Waals surface area (Å²) < 4.78 is 38.2. The highest BCUT2D eigenvalue weighted by atomic mass is 32.2. The number of nitrogens with one attached hydrogen (secondary N) is 1. The SMILES string of the molecule is COc1ccccc1OCC(=O)Nc1ccc(S(=O)(=O)N2CCN(c3cnccn3)CC2)cc1. The number of carbonyl (C=O) groups is 1.